The lowest BCUT2D eigenvalue weighted by Crippen LogP contribution is -2.50. The van der Waals surface area contributed by atoms with Crippen LogP contribution in [0.15, 0.2) is 6.33 Å². The van der Waals surface area contributed by atoms with Crippen LogP contribution >= 0.6 is 0 Å². The van der Waals surface area contributed by atoms with Crippen molar-refractivity contribution >= 4 is 5.91 Å². The van der Waals surface area contributed by atoms with Crippen molar-refractivity contribution in [2.45, 2.75) is 52.6 Å². The Balaban J connectivity index is 1.98. The van der Waals surface area contributed by atoms with Crippen molar-refractivity contribution in [1.82, 2.24) is 25.4 Å². The molecular formula is C14H25N5O. The number of rotatable bonds is 6. The van der Waals surface area contributed by atoms with Gasteiger partial charge in [-0.25, -0.2) is 0 Å². The number of carbonyl (C=O) groups is 1. The van der Waals surface area contributed by atoms with Crippen molar-refractivity contribution in [2.24, 2.45) is 5.41 Å². The van der Waals surface area contributed by atoms with E-state index in [1.54, 1.807) is 6.33 Å². The predicted octanol–water partition coefficient (Wildman–Crippen LogP) is 1.08. The Morgan fingerprint density at radius 2 is 2.40 bits per heavy atom. The van der Waals surface area contributed by atoms with E-state index in [1.165, 1.54) is 0 Å². The molecule has 2 heterocycles. The summed E-state index contributed by atoms with van der Waals surface area (Å²) < 4.78 is 1.95. The molecule has 2 N–H and O–H groups in total. The van der Waals surface area contributed by atoms with Gasteiger partial charge in [-0.15, -0.1) is 10.2 Å². The number of nitrogens with one attached hydrogen (secondary N) is 2. The topological polar surface area (TPSA) is 71.8 Å². The fourth-order valence-corrected chi connectivity index (χ4v) is 2.99. The minimum absolute atomic E-state index is 0.150. The van der Waals surface area contributed by atoms with E-state index in [1.807, 2.05) is 11.5 Å². The summed E-state index contributed by atoms with van der Waals surface area (Å²) in [4.78, 5) is 12.6. The molecule has 6 heteroatoms. The van der Waals surface area contributed by atoms with Gasteiger partial charge in [-0.3, -0.25) is 4.79 Å². The molecule has 1 aliphatic rings. The highest BCUT2D eigenvalue weighted by molar-refractivity contribution is 5.82. The lowest BCUT2D eigenvalue weighted by Gasteiger charge is -2.36. The van der Waals surface area contributed by atoms with Crippen LogP contribution in [0.5, 0.6) is 0 Å². The highest BCUT2D eigenvalue weighted by Crippen LogP contribution is 2.31. The summed E-state index contributed by atoms with van der Waals surface area (Å²) in [5.74, 6) is 0.966. The zero-order valence-electron chi connectivity index (χ0n) is 12.5. The Kier molecular flexibility index (Phi) is 5.11. The van der Waals surface area contributed by atoms with Crippen LogP contribution in [-0.2, 0) is 17.9 Å². The molecule has 0 aliphatic carbocycles. The molecule has 20 heavy (non-hydrogen) atoms. The Morgan fingerprint density at radius 1 is 1.55 bits per heavy atom. The molecule has 1 amide bonds. The van der Waals surface area contributed by atoms with E-state index in [9.17, 15) is 4.79 Å². The number of nitrogens with zero attached hydrogens (tertiary/aromatic N) is 3. The van der Waals surface area contributed by atoms with E-state index in [0.717, 1.165) is 51.1 Å². The summed E-state index contributed by atoms with van der Waals surface area (Å²) in [6.07, 6.45) is 5.71. The molecule has 1 fully saturated rings. The number of piperidine rings is 1. The predicted molar refractivity (Wildman–Crippen MR) is 77.0 cm³/mol. The van der Waals surface area contributed by atoms with Crippen molar-refractivity contribution in [1.29, 1.82) is 0 Å². The van der Waals surface area contributed by atoms with Crippen LogP contribution in [0.4, 0.5) is 0 Å². The minimum atomic E-state index is -0.246. The fraction of sp³-hybridized carbons (Fsp3) is 0.786. The summed E-state index contributed by atoms with van der Waals surface area (Å²) in [6.45, 7) is 7.25. The molecule has 0 aromatic carbocycles. The van der Waals surface area contributed by atoms with E-state index in [4.69, 9.17) is 0 Å². The Bertz CT molecular complexity index is 431. The molecular weight excluding hydrogens is 254 g/mol. The van der Waals surface area contributed by atoms with Crippen molar-refractivity contribution in [3.05, 3.63) is 12.2 Å². The van der Waals surface area contributed by atoms with Gasteiger partial charge in [0.15, 0.2) is 5.82 Å². The van der Waals surface area contributed by atoms with E-state index in [-0.39, 0.29) is 11.3 Å². The Morgan fingerprint density at radius 3 is 3.05 bits per heavy atom. The maximum Gasteiger partial charge on any atom is 0.227 e. The zero-order chi connectivity index (χ0) is 14.4. The normalized spacial score (nSPS) is 22.7. The van der Waals surface area contributed by atoms with Crippen molar-refractivity contribution in [3.63, 3.8) is 0 Å². The molecule has 1 saturated heterocycles. The SMILES string of the molecule is CCCC1(C(=O)NCc2nncn2CC)CCCNC1. The average molecular weight is 279 g/mol. The number of amides is 1. The van der Waals surface area contributed by atoms with Crippen molar-refractivity contribution in [2.75, 3.05) is 13.1 Å². The van der Waals surface area contributed by atoms with Gasteiger partial charge in [0.05, 0.1) is 12.0 Å². The lowest BCUT2D eigenvalue weighted by atomic mass is 9.76. The van der Waals surface area contributed by atoms with Gasteiger partial charge in [0.2, 0.25) is 5.91 Å². The largest absolute Gasteiger partial charge is 0.348 e. The maximum absolute atomic E-state index is 12.6. The monoisotopic (exact) mass is 279 g/mol. The molecule has 6 nitrogen and oxygen atoms in total. The molecule has 0 spiro atoms. The van der Waals surface area contributed by atoms with Gasteiger partial charge < -0.3 is 15.2 Å². The van der Waals surface area contributed by atoms with Gasteiger partial charge in [-0.05, 0) is 32.7 Å². The van der Waals surface area contributed by atoms with Gasteiger partial charge in [-0.2, -0.15) is 0 Å². The number of aromatic nitrogens is 3. The van der Waals surface area contributed by atoms with Gasteiger partial charge in [0, 0.05) is 13.1 Å². The van der Waals surface area contributed by atoms with Crippen LogP contribution in [-0.4, -0.2) is 33.8 Å². The lowest BCUT2D eigenvalue weighted by molar-refractivity contribution is -0.132. The van der Waals surface area contributed by atoms with Crippen LogP contribution < -0.4 is 10.6 Å². The molecule has 1 aromatic rings. The van der Waals surface area contributed by atoms with Crippen LogP contribution in [0.3, 0.4) is 0 Å². The van der Waals surface area contributed by atoms with Crippen LogP contribution in [0.25, 0.3) is 0 Å². The van der Waals surface area contributed by atoms with Crippen molar-refractivity contribution in [3.8, 4) is 0 Å². The third-order valence-electron chi connectivity index (χ3n) is 4.13. The number of hydrogen-bond acceptors (Lipinski definition) is 4. The van der Waals surface area contributed by atoms with Crippen LogP contribution in [0.1, 0.15) is 45.4 Å². The molecule has 1 unspecified atom stereocenters. The third-order valence-corrected chi connectivity index (χ3v) is 4.13. The maximum atomic E-state index is 12.6. The second-order valence-electron chi connectivity index (χ2n) is 5.53. The molecule has 0 saturated carbocycles. The highest BCUT2D eigenvalue weighted by atomic mass is 16.2. The van der Waals surface area contributed by atoms with Gasteiger partial charge in [0.1, 0.15) is 6.33 Å². The zero-order valence-corrected chi connectivity index (χ0v) is 12.5. The third kappa shape index (κ3) is 3.17. The molecule has 1 aromatic heterocycles. The Hall–Kier alpha value is -1.43. The fourth-order valence-electron chi connectivity index (χ4n) is 2.99. The molecule has 0 bridgehead atoms. The molecule has 2 rings (SSSR count). The van der Waals surface area contributed by atoms with Crippen molar-refractivity contribution < 1.29 is 4.79 Å². The number of carbonyl (C=O) groups excluding carboxylic acids is 1. The first-order chi connectivity index (χ1) is 9.72. The first-order valence-electron chi connectivity index (χ1n) is 7.57. The van der Waals surface area contributed by atoms with E-state index in [0.29, 0.717) is 6.54 Å². The van der Waals surface area contributed by atoms with Crippen LogP contribution in [0, 0.1) is 5.41 Å². The molecule has 112 valence electrons. The first-order valence-corrected chi connectivity index (χ1v) is 7.57. The molecule has 1 aliphatic heterocycles. The van der Waals surface area contributed by atoms with E-state index >= 15 is 0 Å². The number of hydrogen-bond donors (Lipinski definition) is 2. The van der Waals surface area contributed by atoms with Crippen LogP contribution in [0.2, 0.25) is 0 Å². The molecule has 0 radical (unpaired) electrons. The second kappa shape index (κ2) is 6.83. The Labute approximate surface area is 120 Å². The van der Waals surface area contributed by atoms with E-state index < -0.39 is 0 Å². The minimum Gasteiger partial charge on any atom is -0.348 e. The standard InChI is InChI=1S/C14H25N5O/c1-3-6-14(7-5-8-15-10-14)13(20)16-9-12-18-17-11-19(12)4-2/h11,15H,3-10H2,1-2H3,(H,16,20). The first kappa shape index (κ1) is 15.0. The summed E-state index contributed by atoms with van der Waals surface area (Å²) in [5.41, 5.74) is -0.246. The highest BCUT2D eigenvalue weighted by Gasteiger charge is 2.38. The average Bonchev–Trinajstić information content (AvgIpc) is 2.93. The molecule has 1 atom stereocenters. The summed E-state index contributed by atoms with van der Waals surface area (Å²) >= 11 is 0. The summed E-state index contributed by atoms with van der Waals surface area (Å²) in [5, 5.41) is 14.4. The summed E-state index contributed by atoms with van der Waals surface area (Å²) in [6, 6.07) is 0. The summed E-state index contributed by atoms with van der Waals surface area (Å²) in [7, 11) is 0. The van der Waals surface area contributed by atoms with E-state index in [2.05, 4.69) is 27.8 Å². The number of aryl methyl sites for hydroxylation is 1. The van der Waals surface area contributed by atoms with Gasteiger partial charge in [-0.1, -0.05) is 13.3 Å². The second-order valence-corrected chi connectivity index (χ2v) is 5.53. The smallest absolute Gasteiger partial charge is 0.227 e. The quantitative estimate of drug-likeness (QED) is 0.817. The van der Waals surface area contributed by atoms with Gasteiger partial charge >= 0.3 is 0 Å². The van der Waals surface area contributed by atoms with Gasteiger partial charge in [0.25, 0.3) is 0 Å².